The van der Waals surface area contributed by atoms with E-state index in [9.17, 15) is 4.79 Å². The fourth-order valence-corrected chi connectivity index (χ4v) is 1.91. The Bertz CT molecular complexity index is 534. The van der Waals surface area contributed by atoms with E-state index in [2.05, 4.69) is 4.98 Å². The van der Waals surface area contributed by atoms with Gasteiger partial charge in [0.2, 0.25) is 0 Å². The summed E-state index contributed by atoms with van der Waals surface area (Å²) in [6.07, 6.45) is 0.450. The third-order valence-corrected chi connectivity index (χ3v) is 2.86. The van der Waals surface area contributed by atoms with E-state index in [4.69, 9.17) is 10.5 Å². The fourth-order valence-electron chi connectivity index (χ4n) is 1.91. The number of ether oxygens (including phenoxy) is 1. The topological polar surface area (TPSA) is 68.1 Å². The van der Waals surface area contributed by atoms with Crippen LogP contribution < -0.4 is 5.73 Å². The quantitative estimate of drug-likeness (QED) is 0.807. The smallest absolute Gasteiger partial charge is 0.323 e. The molecule has 1 aromatic carbocycles. The van der Waals surface area contributed by atoms with Gasteiger partial charge in [-0.05, 0) is 24.6 Å². The van der Waals surface area contributed by atoms with Crippen molar-refractivity contribution in [1.29, 1.82) is 0 Å². The number of carbonyl (C=O) groups excluding carboxylic acids is 1. The van der Waals surface area contributed by atoms with Crippen LogP contribution in [0.5, 0.6) is 0 Å². The predicted molar refractivity (Wildman–Crippen MR) is 74.5 cm³/mol. The number of rotatable bonds is 5. The summed E-state index contributed by atoms with van der Waals surface area (Å²) in [7, 11) is 0. The zero-order chi connectivity index (χ0) is 13.7. The minimum absolute atomic E-state index is 0.354. The highest BCUT2D eigenvalue weighted by Gasteiger charge is 2.15. The van der Waals surface area contributed by atoms with Crippen molar-refractivity contribution in [3.8, 4) is 11.3 Å². The Kier molecular flexibility index (Phi) is 4.36. The SMILES string of the molecule is CCOC(=O)C(N)Cc1ccc(-c2ccccc2)[nH]1. The van der Waals surface area contributed by atoms with Gasteiger partial charge in [-0.3, -0.25) is 4.79 Å². The Morgan fingerprint density at radius 1 is 1.26 bits per heavy atom. The predicted octanol–water partition coefficient (Wildman–Crippen LogP) is 2.11. The normalized spacial score (nSPS) is 12.1. The molecule has 4 nitrogen and oxygen atoms in total. The minimum Gasteiger partial charge on any atom is -0.465 e. The van der Waals surface area contributed by atoms with Gasteiger partial charge < -0.3 is 15.5 Å². The van der Waals surface area contributed by atoms with Gasteiger partial charge in [0.25, 0.3) is 0 Å². The molecule has 0 fully saturated rings. The molecule has 0 amide bonds. The molecule has 0 saturated carbocycles. The lowest BCUT2D eigenvalue weighted by atomic mass is 10.2. The first-order valence-corrected chi connectivity index (χ1v) is 6.36. The summed E-state index contributed by atoms with van der Waals surface area (Å²) in [5.74, 6) is -0.363. The standard InChI is InChI=1S/C15H18N2O2/c1-2-19-15(18)13(16)10-12-8-9-14(17-12)11-6-4-3-5-7-11/h3-9,13,17H,2,10,16H2,1H3. The maximum absolute atomic E-state index is 11.5. The van der Waals surface area contributed by atoms with E-state index in [0.717, 1.165) is 17.0 Å². The Labute approximate surface area is 112 Å². The van der Waals surface area contributed by atoms with Crippen LogP contribution >= 0.6 is 0 Å². The van der Waals surface area contributed by atoms with Gasteiger partial charge in [0.1, 0.15) is 6.04 Å². The molecule has 1 atom stereocenters. The first-order chi connectivity index (χ1) is 9.20. The Morgan fingerprint density at radius 2 is 2.00 bits per heavy atom. The number of nitrogens with two attached hydrogens (primary N) is 1. The van der Waals surface area contributed by atoms with E-state index >= 15 is 0 Å². The van der Waals surface area contributed by atoms with Gasteiger partial charge in [-0.2, -0.15) is 0 Å². The van der Waals surface area contributed by atoms with Gasteiger partial charge in [-0.25, -0.2) is 0 Å². The van der Waals surface area contributed by atoms with E-state index < -0.39 is 6.04 Å². The van der Waals surface area contributed by atoms with Gasteiger partial charge in [0.05, 0.1) is 6.61 Å². The molecule has 3 N–H and O–H groups in total. The molecule has 100 valence electrons. The molecule has 0 aliphatic carbocycles. The summed E-state index contributed by atoms with van der Waals surface area (Å²) >= 11 is 0. The fraction of sp³-hybridized carbons (Fsp3) is 0.267. The van der Waals surface area contributed by atoms with Crippen LogP contribution in [0.4, 0.5) is 0 Å². The second-order valence-electron chi connectivity index (χ2n) is 4.33. The number of H-pyrrole nitrogens is 1. The van der Waals surface area contributed by atoms with Crippen LogP contribution in [0, 0.1) is 0 Å². The molecule has 4 heteroatoms. The Hall–Kier alpha value is -2.07. The molecule has 1 heterocycles. The summed E-state index contributed by atoms with van der Waals surface area (Å²) in [6.45, 7) is 2.12. The first-order valence-electron chi connectivity index (χ1n) is 6.36. The molecule has 1 aromatic heterocycles. The van der Waals surface area contributed by atoms with Crippen molar-refractivity contribution in [2.24, 2.45) is 5.73 Å². The lowest BCUT2D eigenvalue weighted by Crippen LogP contribution is -2.34. The van der Waals surface area contributed by atoms with Crippen LogP contribution in [0.3, 0.4) is 0 Å². The molecule has 2 rings (SSSR count). The van der Waals surface area contributed by atoms with Crippen molar-refractivity contribution >= 4 is 5.97 Å². The summed E-state index contributed by atoms with van der Waals surface area (Å²) in [5, 5.41) is 0. The summed E-state index contributed by atoms with van der Waals surface area (Å²) in [5.41, 5.74) is 8.85. The third kappa shape index (κ3) is 3.45. The number of hydrogen-bond donors (Lipinski definition) is 2. The van der Waals surface area contributed by atoms with E-state index in [1.165, 1.54) is 0 Å². The average Bonchev–Trinajstić information content (AvgIpc) is 2.88. The molecule has 0 spiro atoms. The molecule has 2 aromatic rings. The number of carbonyl (C=O) groups is 1. The highest BCUT2D eigenvalue weighted by atomic mass is 16.5. The van der Waals surface area contributed by atoms with Crippen LogP contribution in [0.1, 0.15) is 12.6 Å². The lowest BCUT2D eigenvalue weighted by Gasteiger charge is -2.09. The summed E-state index contributed by atoms with van der Waals surface area (Å²) in [4.78, 5) is 14.7. The van der Waals surface area contributed by atoms with Crippen molar-refractivity contribution in [1.82, 2.24) is 4.98 Å². The second-order valence-corrected chi connectivity index (χ2v) is 4.33. The van der Waals surface area contributed by atoms with Crippen molar-refractivity contribution in [2.45, 2.75) is 19.4 Å². The largest absolute Gasteiger partial charge is 0.465 e. The molecule has 0 bridgehead atoms. The molecular formula is C15H18N2O2. The van der Waals surface area contributed by atoms with Crippen molar-refractivity contribution in [3.05, 3.63) is 48.2 Å². The van der Waals surface area contributed by atoms with E-state index in [0.29, 0.717) is 13.0 Å². The number of aromatic nitrogens is 1. The second kappa shape index (κ2) is 6.20. The molecule has 0 saturated heterocycles. The van der Waals surface area contributed by atoms with Crippen molar-refractivity contribution in [3.63, 3.8) is 0 Å². The molecule has 1 unspecified atom stereocenters. The molecule has 0 radical (unpaired) electrons. The van der Waals surface area contributed by atoms with Crippen LogP contribution in [0.2, 0.25) is 0 Å². The maximum Gasteiger partial charge on any atom is 0.323 e. The molecule has 19 heavy (non-hydrogen) atoms. The number of aromatic amines is 1. The van der Waals surface area contributed by atoms with Gasteiger partial charge in [0.15, 0.2) is 0 Å². The van der Waals surface area contributed by atoms with E-state index in [1.807, 2.05) is 42.5 Å². The maximum atomic E-state index is 11.5. The van der Waals surface area contributed by atoms with Crippen molar-refractivity contribution in [2.75, 3.05) is 6.61 Å². The van der Waals surface area contributed by atoms with E-state index in [1.54, 1.807) is 6.92 Å². The molecule has 0 aliphatic rings. The Balaban J connectivity index is 2.04. The van der Waals surface area contributed by atoms with Gasteiger partial charge in [-0.15, -0.1) is 0 Å². The summed E-state index contributed by atoms with van der Waals surface area (Å²) < 4.78 is 4.89. The highest BCUT2D eigenvalue weighted by molar-refractivity contribution is 5.75. The van der Waals surface area contributed by atoms with Crippen molar-refractivity contribution < 1.29 is 9.53 Å². The lowest BCUT2D eigenvalue weighted by molar-refractivity contribution is -0.144. The van der Waals surface area contributed by atoms with Gasteiger partial charge in [-0.1, -0.05) is 30.3 Å². The van der Waals surface area contributed by atoms with E-state index in [-0.39, 0.29) is 5.97 Å². The number of benzene rings is 1. The zero-order valence-corrected chi connectivity index (χ0v) is 10.9. The highest BCUT2D eigenvalue weighted by Crippen LogP contribution is 2.18. The van der Waals surface area contributed by atoms with Crippen LogP contribution in [-0.2, 0) is 16.0 Å². The monoisotopic (exact) mass is 258 g/mol. The van der Waals surface area contributed by atoms with Gasteiger partial charge in [0, 0.05) is 17.8 Å². The average molecular weight is 258 g/mol. The number of esters is 1. The number of hydrogen-bond acceptors (Lipinski definition) is 3. The Morgan fingerprint density at radius 3 is 2.68 bits per heavy atom. The first kappa shape index (κ1) is 13.4. The summed E-state index contributed by atoms with van der Waals surface area (Å²) in [6, 6.07) is 13.3. The minimum atomic E-state index is -0.623. The molecule has 0 aliphatic heterocycles. The number of nitrogens with one attached hydrogen (secondary N) is 1. The third-order valence-electron chi connectivity index (χ3n) is 2.86. The van der Waals surface area contributed by atoms with Gasteiger partial charge >= 0.3 is 5.97 Å². The van der Waals surface area contributed by atoms with Crippen LogP contribution in [0.25, 0.3) is 11.3 Å². The van der Waals surface area contributed by atoms with Crippen LogP contribution in [0.15, 0.2) is 42.5 Å². The molecular weight excluding hydrogens is 240 g/mol. The zero-order valence-electron chi connectivity index (χ0n) is 10.9. The van der Waals surface area contributed by atoms with Crippen LogP contribution in [-0.4, -0.2) is 23.6 Å².